The number of rotatable bonds is 3. The third-order valence-electron chi connectivity index (χ3n) is 3.80. The van der Waals surface area contributed by atoms with Crippen LogP contribution in [0.2, 0.25) is 0 Å². The van der Waals surface area contributed by atoms with Crippen molar-refractivity contribution >= 4 is 11.2 Å². The maximum absolute atomic E-state index is 13.0. The minimum absolute atomic E-state index is 0.0486. The number of para-hydroxylation sites is 1. The second-order valence-corrected chi connectivity index (χ2v) is 5.37. The summed E-state index contributed by atoms with van der Waals surface area (Å²) in [5.41, 5.74) is 0.670. The van der Waals surface area contributed by atoms with Crippen molar-refractivity contribution in [1.29, 1.82) is 0 Å². The molecule has 4 rings (SSSR count). The molecule has 1 aliphatic rings. The zero-order valence-electron chi connectivity index (χ0n) is 11.4. The maximum Gasteiger partial charge on any atom is 0.283 e. The summed E-state index contributed by atoms with van der Waals surface area (Å²) in [6.45, 7) is -0.0486. The molecule has 0 aliphatic heterocycles. The van der Waals surface area contributed by atoms with Crippen molar-refractivity contribution in [2.45, 2.75) is 18.9 Å². The Morgan fingerprint density at radius 3 is 2.68 bits per heavy atom. The number of nitrogens with zero attached hydrogens (tertiary/aromatic N) is 5. The summed E-state index contributed by atoms with van der Waals surface area (Å²) in [5.74, 6) is -3.47. The fraction of sp³-hybridized carbons (Fsp3) is 0.286. The number of aromatic nitrogens is 5. The molecular formula is C14H11F2N5O. The van der Waals surface area contributed by atoms with Crippen LogP contribution in [0.1, 0.15) is 6.42 Å². The molecule has 0 spiro atoms. The van der Waals surface area contributed by atoms with Crippen LogP contribution in [0.3, 0.4) is 0 Å². The summed E-state index contributed by atoms with van der Waals surface area (Å²) in [7, 11) is 0. The Hall–Kier alpha value is -2.64. The zero-order valence-corrected chi connectivity index (χ0v) is 11.4. The predicted molar refractivity (Wildman–Crippen MR) is 74.0 cm³/mol. The normalized spacial score (nSPS) is 19.5. The van der Waals surface area contributed by atoms with Crippen molar-refractivity contribution in [3.05, 3.63) is 47.0 Å². The molecule has 0 saturated heterocycles. The first-order chi connectivity index (χ1) is 10.6. The molecule has 6 nitrogen and oxygen atoms in total. The molecule has 1 fully saturated rings. The molecule has 112 valence electrons. The molecule has 1 atom stereocenters. The van der Waals surface area contributed by atoms with Crippen LogP contribution in [-0.2, 0) is 6.54 Å². The molecule has 8 heteroatoms. The van der Waals surface area contributed by atoms with Crippen molar-refractivity contribution in [2.24, 2.45) is 5.92 Å². The summed E-state index contributed by atoms with van der Waals surface area (Å²) in [4.78, 5) is 16.5. The van der Waals surface area contributed by atoms with Crippen LogP contribution in [0, 0.1) is 5.92 Å². The van der Waals surface area contributed by atoms with Crippen molar-refractivity contribution in [1.82, 2.24) is 24.5 Å². The first kappa shape index (κ1) is 13.1. The molecule has 0 radical (unpaired) electrons. The minimum Gasteiger partial charge on any atom is -0.297 e. The largest absolute Gasteiger partial charge is 0.297 e. The molecule has 1 aromatic carbocycles. The van der Waals surface area contributed by atoms with E-state index in [4.69, 9.17) is 0 Å². The molecule has 1 unspecified atom stereocenters. The summed E-state index contributed by atoms with van der Waals surface area (Å²) in [6.07, 6.45) is 1.09. The Balaban J connectivity index is 1.77. The van der Waals surface area contributed by atoms with E-state index in [0.717, 1.165) is 5.69 Å². The number of alkyl halides is 2. The number of fused-ring (bicyclic) bond motifs is 1. The van der Waals surface area contributed by atoms with E-state index in [9.17, 15) is 13.6 Å². The lowest BCUT2D eigenvalue weighted by molar-refractivity contribution is 0.0948. The molecule has 3 aromatic rings. The minimum atomic E-state index is -2.67. The first-order valence-corrected chi connectivity index (χ1v) is 6.80. The van der Waals surface area contributed by atoms with E-state index in [1.807, 2.05) is 30.3 Å². The van der Waals surface area contributed by atoms with E-state index in [2.05, 4.69) is 15.3 Å². The lowest BCUT2D eigenvalue weighted by Gasteiger charge is -2.04. The Labute approximate surface area is 123 Å². The van der Waals surface area contributed by atoms with Crippen LogP contribution < -0.4 is 5.56 Å². The van der Waals surface area contributed by atoms with Crippen LogP contribution >= 0.6 is 0 Å². The van der Waals surface area contributed by atoms with Gasteiger partial charge in [0, 0.05) is 18.9 Å². The highest BCUT2D eigenvalue weighted by Crippen LogP contribution is 2.49. The second kappa shape index (κ2) is 4.43. The highest BCUT2D eigenvalue weighted by atomic mass is 19.3. The van der Waals surface area contributed by atoms with Crippen molar-refractivity contribution < 1.29 is 8.78 Å². The Morgan fingerprint density at radius 1 is 1.27 bits per heavy atom. The average Bonchev–Trinajstić information content (AvgIpc) is 2.94. The van der Waals surface area contributed by atoms with Gasteiger partial charge in [-0.2, -0.15) is 4.68 Å². The summed E-state index contributed by atoms with van der Waals surface area (Å²) in [6, 6.07) is 9.15. The fourth-order valence-corrected chi connectivity index (χ4v) is 2.42. The van der Waals surface area contributed by atoms with Crippen LogP contribution in [-0.4, -0.2) is 30.5 Å². The van der Waals surface area contributed by atoms with Gasteiger partial charge in [0.1, 0.15) is 6.33 Å². The van der Waals surface area contributed by atoms with Crippen molar-refractivity contribution in [3.63, 3.8) is 0 Å². The highest BCUT2D eigenvalue weighted by molar-refractivity contribution is 5.70. The van der Waals surface area contributed by atoms with Gasteiger partial charge in [0.2, 0.25) is 0 Å². The van der Waals surface area contributed by atoms with E-state index in [-0.39, 0.29) is 18.5 Å². The summed E-state index contributed by atoms with van der Waals surface area (Å²) in [5, 5.41) is 7.78. The quantitative estimate of drug-likeness (QED) is 0.737. The molecule has 1 saturated carbocycles. The van der Waals surface area contributed by atoms with E-state index < -0.39 is 17.4 Å². The average molecular weight is 303 g/mol. The molecule has 0 bridgehead atoms. The fourth-order valence-electron chi connectivity index (χ4n) is 2.42. The number of benzene rings is 1. The van der Waals surface area contributed by atoms with Crippen LogP contribution in [0.15, 0.2) is 41.5 Å². The number of halogens is 2. The molecule has 22 heavy (non-hydrogen) atoms. The highest BCUT2D eigenvalue weighted by Gasteiger charge is 2.56. The van der Waals surface area contributed by atoms with Gasteiger partial charge in [-0.05, 0) is 12.1 Å². The lowest BCUT2D eigenvalue weighted by Crippen LogP contribution is -2.23. The van der Waals surface area contributed by atoms with Crippen LogP contribution in [0.25, 0.3) is 16.9 Å². The molecule has 0 amide bonds. The van der Waals surface area contributed by atoms with Gasteiger partial charge in [0.25, 0.3) is 11.5 Å². The third kappa shape index (κ3) is 1.99. The van der Waals surface area contributed by atoms with Crippen molar-refractivity contribution in [3.8, 4) is 5.69 Å². The van der Waals surface area contributed by atoms with Gasteiger partial charge in [-0.15, -0.1) is 5.10 Å². The summed E-state index contributed by atoms with van der Waals surface area (Å²) >= 11 is 0. The zero-order chi connectivity index (χ0) is 15.3. The van der Waals surface area contributed by atoms with E-state index in [0.29, 0.717) is 5.65 Å². The maximum atomic E-state index is 13.0. The van der Waals surface area contributed by atoms with Gasteiger partial charge in [-0.3, -0.25) is 9.36 Å². The first-order valence-electron chi connectivity index (χ1n) is 6.80. The van der Waals surface area contributed by atoms with E-state index in [1.54, 1.807) is 0 Å². The van der Waals surface area contributed by atoms with Crippen molar-refractivity contribution in [2.75, 3.05) is 0 Å². The molecule has 0 N–H and O–H groups in total. The predicted octanol–water partition coefficient (Wildman–Crippen LogP) is 1.63. The molecule has 1 aliphatic carbocycles. The van der Waals surface area contributed by atoms with Gasteiger partial charge in [0.05, 0.1) is 5.69 Å². The smallest absolute Gasteiger partial charge is 0.283 e. The van der Waals surface area contributed by atoms with E-state index in [1.165, 1.54) is 15.6 Å². The molecule has 2 aromatic heterocycles. The Morgan fingerprint density at radius 2 is 2.00 bits per heavy atom. The Kier molecular flexibility index (Phi) is 2.63. The topological polar surface area (TPSA) is 65.6 Å². The third-order valence-corrected chi connectivity index (χ3v) is 3.80. The van der Waals surface area contributed by atoms with Gasteiger partial charge in [-0.1, -0.05) is 23.4 Å². The molecule has 2 heterocycles. The lowest BCUT2D eigenvalue weighted by atomic mass is 10.3. The van der Waals surface area contributed by atoms with Crippen LogP contribution in [0.5, 0.6) is 0 Å². The molecular weight excluding hydrogens is 292 g/mol. The van der Waals surface area contributed by atoms with Gasteiger partial charge in [-0.25, -0.2) is 13.8 Å². The SMILES string of the molecule is O=c1c2nnn(-c3ccccc3)c2ncn1CC1CC1(F)F. The van der Waals surface area contributed by atoms with Gasteiger partial charge in [0.15, 0.2) is 11.2 Å². The van der Waals surface area contributed by atoms with Gasteiger partial charge < -0.3 is 0 Å². The second-order valence-electron chi connectivity index (χ2n) is 5.37. The van der Waals surface area contributed by atoms with Crippen LogP contribution in [0.4, 0.5) is 8.78 Å². The van der Waals surface area contributed by atoms with Gasteiger partial charge >= 0.3 is 0 Å². The monoisotopic (exact) mass is 303 g/mol. The summed E-state index contributed by atoms with van der Waals surface area (Å²) < 4.78 is 28.6. The number of hydrogen-bond acceptors (Lipinski definition) is 4. The Bertz CT molecular complexity index is 902. The number of hydrogen-bond donors (Lipinski definition) is 0. The van der Waals surface area contributed by atoms with E-state index >= 15 is 0 Å². The standard InChI is InChI=1S/C14H11F2N5O/c15-14(16)6-9(14)7-20-8-17-12-11(13(20)22)18-19-21(12)10-4-2-1-3-5-10/h1-5,8-9H,6-7H2.